The fraction of sp³-hybridized carbons (Fsp3) is 0.353. The van der Waals surface area contributed by atoms with E-state index >= 15 is 0 Å². The zero-order valence-corrected chi connectivity index (χ0v) is 14.9. The lowest BCUT2D eigenvalue weighted by molar-refractivity contribution is 0.0730. The van der Waals surface area contributed by atoms with Crippen LogP contribution in [0.25, 0.3) is 16.6 Å². The molecule has 1 saturated heterocycles. The number of H-pyrrole nitrogens is 1. The molecule has 0 bridgehead atoms. The number of amides is 1. The van der Waals surface area contributed by atoms with Gasteiger partial charge in [0.15, 0.2) is 3.95 Å². The van der Waals surface area contributed by atoms with Gasteiger partial charge in [-0.25, -0.2) is 0 Å². The number of aryl methyl sites for hydroxylation is 1. The van der Waals surface area contributed by atoms with Crippen molar-refractivity contribution in [2.75, 3.05) is 13.1 Å². The summed E-state index contributed by atoms with van der Waals surface area (Å²) in [5.74, 6) is -0.0320. The molecule has 1 aromatic carbocycles. The fourth-order valence-electron chi connectivity index (χ4n) is 3.29. The minimum Gasteiger partial charge on any atom is -0.338 e. The lowest BCUT2D eigenvalue weighted by Gasteiger charge is -2.26. The van der Waals surface area contributed by atoms with E-state index in [0.29, 0.717) is 19.9 Å². The first kappa shape index (κ1) is 15.5. The van der Waals surface area contributed by atoms with Crippen molar-refractivity contribution in [1.82, 2.24) is 14.3 Å². The number of benzene rings is 1. The maximum atomic E-state index is 12.9. The molecule has 3 aromatic rings. The van der Waals surface area contributed by atoms with Gasteiger partial charge in [0.25, 0.3) is 11.5 Å². The highest BCUT2D eigenvalue weighted by atomic mass is 32.1. The van der Waals surface area contributed by atoms with Gasteiger partial charge in [-0.2, -0.15) is 0 Å². The molecule has 1 N–H and O–H groups in total. The molecule has 3 heterocycles. The molecule has 1 amide bonds. The number of rotatable bonds is 1. The van der Waals surface area contributed by atoms with E-state index in [1.54, 1.807) is 0 Å². The summed E-state index contributed by atoms with van der Waals surface area (Å²) in [6, 6.07) is 5.69. The second-order valence-electron chi connectivity index (χ2n) is 6.21. The molecular weight excluding hydrogens is 342 g/mol. The summed E-state index contributed by atoms with van der Waals surface area (Å²) in [6.45, 7) is 3.49. The fourth-order valence-corrected chi connectivity index (χ4v) is 4.64. The molecule has 0 aliphatic carbocycles. The Balaban J connectivity index is 1.97. The Morgan fingerprint density at radius 3 is 2.75 bits per heavy atom. The Labute approximate surface area is 147 Å². The summed E-state index contributed by atoms with van der Waals surface area (Å²) in [7, 11) is 0. The number of likely N-dealkylation sites (tertiary alicyclic amines) is 1. The molecule has 24 heavy (non-hydrogen) atoms. The molecule has 0 radical (unpaired) electrons. The number of nitrogens with zero attached hydrogens (tertiary/aromatic N) is 2. The van der Waals surface area contributed by atoms with Crippen LogP contribution in [0.4, 0.5) is 0 Å². The van der Waals surface area contributed by atoms with E-state index in [1.165, 1.54) is 11.3 Å². The maximum absolute atomic E-state index is 12.9. The highest BCUT2D eigenvalue weighted by molar-refractivity contribution is 7.73. The largest absolute Gasteiger partial charge is 0.338 e. The number of nitrogens with one attached hydrogen (secondary N) is 1. The van der Waals surface area contributed by atoms with Crippen LogP contribution in [0.1, 0.15) is 34.5 Å². The van der Waals surface area contributed by atoms with E-state index in [2.05, 4.69) is 4.98 Å². The van der Waals surface area contributed by atoms with Crippen LogP contribution in [-0.4, -0.2) is 33.3 Å². The smallest absolute Gasteiger partial charge is 0.267 e. The number of piperidine rings is 1. The number of aromatic amines is 1. The average Bonchev–Trinajstić information content (AvgIpc) is 2.92. The summed E-state index contributed by atoms with van der Waals surface area (Å²) in [5, 5.41) is 0.591. The van der Waals surface area contributed by atoms with Crippen molar-refractivity contribution in [3.63, 3.8) is 0 Å². The van der Waals surface area contributed by atoms with Crippen molar-refractivity contribution in [2.45, 2.75) is 26.2 Å². The van der Waals surface area contributed by atoms with Gasteiger partial charge in [-0.1, -0.05) is 23.0 Å². The molecule has 2 aromatic heterocycles. The third kappa shape index (κ3) is 2.39. The topological polar surface area (TPSA) is 57.6 Å². The lowest BCUT2D eigenvalue weighted by Crippen LogP contribution is -2.35. The Kier molecular flexibility index (Phi) is 3.77. The Hall–Kier alpha value is -1.99. The minimum atomic E-state index is -0.186. The number of fused-ring (bicyclic) bond motifs is 3. The second-order valence-corrected chi connectivity index (χ2v) is 7.85. The van der Waals surface area contributed by atoms with Crippen molar-refractivity contribution < 1.29 is 4.79 Å². The van der Waals surface area contributed by atoms with Crippen LogP contribution < -0.4 is 5.56 Å². The number of carbonyl (C=O) groups is 1. The van der Waals surface area contributed by atoms with E-state index in [1.807, 2.05) is 34.4 Å². The number of hydrogen-bond acceptors (Lipinski definition) is 4. The SMILES string of the molecule is Cc1ccc2c(c1)c(=O)[nH]c1c(C(=O)N3CCCCC3)sc(=S)n12. The van der Waals surface area contributed by atoms with Crippen LogP contribution in [0.5, 0.6) is 0 Å². The third-order valence-corrected chi connectivity index (χ3v) is 5.88. The van der Waals surface area contributed by atoms with Crippen molar-refractivity contribution in [1.29, 1.82) is 0 Å². The Bertz CT molecular complexity index is 1070. The van der Waals surface area contributed by atoms with Crippen molar-refractivity contribution in [3.05, 3.63) is 42.9 Å². The van der Waals surface area contributed by atoms with Gasteiger partial charge in [0.2, 0.25) is 0 Å². The first-order valence-electron chi connectivity index (χ1n) is 8.04. The van der Waals surface area contributed by atoms with E-state index in [0.717, 1.165) is 43.4 Å². The van der Waals surface area contributed by atoms with E-state index in [9.17, 15) is 9.59 Å². The zero-order chi connectivity index (χ0) is 16.8. The number of aromatic nitrogens is 2. The summed E-state index contributed by atoms with van der Waals surface area (Å²) < 4.78 is 2.39. The number of thiazole rings is 1. The molecule has 1 aliphatic heterocycles. The highest BCUT2D eigenvalue weighted by Gasteiger charge is 2.24. The minimum absolute atomic E-state index is 0.0320. The summed E-state index contributed by atoms with van der Waals surface area (Å²) in [4.78, 5) is 30.6. The molecule has 1 aliphatic rings. The van der Waals surface area contributed by atoms with Crippen LogP contribution >= 0.6 is 23.6 Å². The molecule has 0 spiro atoms. The molecular formula is C17H17N3O2S2. The Morgan fingerprint density at radius 2 is 2.00 bits per heavy atom. The quantitative estimate of drug-likeness (QED) is 0.677. The van der Waals surface area contributed by atoms with Crippen LogP contribution in [0, 0.1) is 10.9 Å². The summed E-state index contributed by atoms with van der Waals surface area (Å²) in [6.07, 6.45) is 3.22. The second kappa shape index (κ2) is 5.82. The van der Waals surface area contributed by atoms with Gasteiger partial charge in [0, 0.05) is 13.1 Å². The van der Waals surface area contributed by atoms with E-state index in [-0.39, 0.29) is 11.5 Å². The van der Waals surface area contributed by atoms with Crippen molar-refractivity contribution in [3.8, 4) is 0 Å². The van der Waals surface area contributed by atoms with Crippen LogP contribution in [0.15, 0.2) is 23.0 Å². The van der Waals surface area contributed by atoms with Crippen molar-refractivity contribution in [2.24, 2.45) is 0 Å². The number of carbonyl (C=O) groups excluding carboxylic acids is 1. The van der Waals surface area contributed by atoms with E-state index in [4.69, 9.17) is 12.2 Å². The predicted molar refractivity (Wildman–Crippen MR) is 98.7 cm³/mol. The van der Waals surface area contributed by atoms with Gasteiger partial charge in [-0.15, -0.1) is 0 Å². The predicted octanol–water partition coefficient (Wildman–Crippen LogP) is 3.51. The molecule has 124 valence electrons. The first-order chi connectivity index (χ1) is 11.6. The van der Waals surface area contributed by atoms with Crippen LogP contribution in [-0.2, 0) is 0 Å². The van der Waals surface area contributed by atoms with Crippen LogP contribution in [0.3, 0.4) is 0 Å². The lowest BCUT2D eigenvalue weighted by atomic mass is 10.1. The van der Waals surface area contributed by atoms with Crippen molar-refractivity contribution >= 4 is 46.0 Å². The van der Waals surface area contributed by atoms with Gasteiger partial charge in [0.05, 0.1) is 10.9 Å². The Morgan fingerprint density at radius 1 is 1.25 bits per heavy atom. The van der Waals surface area contributed by atoms with Crippen LogP contribution in [0.2, 0.25) is 0 Å². The molecule has 0 atom stereocenters. The van der Waals surface area contributed by atoms with E-state index < -0.39 is 0 Å². The average molecular weight is 359 g/mol. The molecule has 5 nitrogen and oxygen atoms in total. The van der Waals surface area contributed by atoms with Gasteiger partial charge in [-0.05, 0) is 50.5 Å². The number of hydrogen-bond donors (Lipinski definition) is 1. The molecule has 1 fully saturated rings. The molecule has 4 rings (SSSR count). The summed E-state index contributed by atoms with van der Waals surface area (Å²) >= 11 is 6.76. The van der Waals surface area contributed by atoms with Gasteiger partial charge >= 0.3 is 0 Å². The molecule has 0 saturated carbocycles. The maximum Gasteiger partial charge on any atom is 0.267 e. The standard InChI is InChI=1S/C17H17N3O2S2/c1-10-5-6-12-11(9-10)15(21)18-14-13(24-17(23)20(12)14)16(22)19-7-3-2-4-8-19/h5-6,9H,2-4,7-8H2,1H3,(H,18,21). The van der Waals surface area contributed by atoms with Gasteiger partial charge in [-0.3, -0.25) is 14.0 Å². The summed E-state index contributed by atoms with van der Waals surface area (Å²) in [5.41, 5.74) is 2.09. The normalized spacial score (nSPS) is 15.3. The van der Waals surface area contributed by atoms with Gasteiger partial charge in [0.1, 0.15) is 10.5 Å². The third-order valence-electron chi connectivity index (χ3n) is 4.52. The zero-order valence-electron chi connectivity index (χ0n) is 13.3. The van der Waals surface area contributed by atoms with Gasteiger partial charge < -0.3 is 9.88 Å². The molecule has 7 heteroatoms. The highest BCUT2D eigenvalue weighted by Crippen LogP contribution is 2.25. The first-order valence-corrected chi connectivity index (χ1v) is 9.26. The molecule has 0 unspecified atom stereocenters. The monoisotopic (exact) mass is 359 g/mol.